The van der Waals surface area contributed by atoms with Gasteiger partial charge in [-0.1, -0.05) is 18.2 Å². The molecule has 2 aromatic rings. The van der Waals surface area contributed by atoms with Crippen LogP contribution in [0.4, 0.5) is 4.39 Å². The summed E-state index contributed by atoms with van der Waals surface area (Å²) in [5, 5.41) is 0. The summed E-state index contributed by atoms with van der Waals surface area (Å²) >= 11 is 0. The predicted molar refractivity (Wildman–Crippen MR) is 67.4 cm³/mol. The van der Waals surface area contributed by atoms with Crippen LogP contribution in [0.25, 0.3) is 0 Å². The van der Waals surface area contributed by atoms with E-state index >= 15 is 0 Å². The van der Waals surface area contributed by atoms with Gasteiger partial charge in [0.05, 0.1) is 6.61 Å². The summed E-state index contributed by atoms with van der Waals surface area (Å²) in [6.07, 6.45) is 1.30. The highest BCUT2D eigenvalue weighted by atomic mass is 19.1. The van der Waals surface area contributed by atoms with E-state index in [0.29, 0.717) is 29.9 Å². The Morgan fingerprint density at radius 1 is 1.06 bits per heavy atom. The van der Waals surface area contributed by atoms with Crippen LogP contribution in [0.5, 0.6) is 5.75 Å². The predicted octanol–water partition coefficient (Wildman–Crippen LogP) is 3.26. The quantitative estimate of drug-likeness (QED) is 0.754. The molecule has 0 aliphatic carbocycles. The Morgan fingerprint density at radius 3 is 2.44 bits per heavy atom. The minimum absolute atomic E-state index is 0.211. The van der Waals surface area contributed by atoms with Gasteiger partial charge in [-0.3, -0.25) is 4.79 Å². The molecular weight excluding hydrogens is 231 g/mol. The Labute approximate surface area is 105 Å². The molecule has 0 aromatic heterocycles. The molecule has 0 N–H and O–H groups in total. The molecule has 0 atom stereocenters. The third-order valence-electron chi connectivity index (χ3n) is 2.61. The van der Waals surface area contributed by atoms with Crippen LogP contribution in [-0.4, -0.2) is 12.9 Å². The van der Waals surface area contributed by atoms with Gasteiger partial charge in [0.2, 0.25) is 0 Å². The average molecular weight is 244 g/mol. The summed E-state index contributed by atoms with van der Waals surface area (Å²) in [6, 6.07) is 13.5. The van der Waals surface area contributed by atoms with Crippen LogP contribution in [0, 0.1) is 5.82 Å². The van der Waals surface area contributed by atoms with Gasteiger partial charge in [0.15, 0.2) is 0 Å². The maximum Gasteiger partial charge on any atom is 0.150 e. The van der Waals surface area contributed by atoms with Crippen molar-refractivity contribution in [3.63, 3.8) is 0 Å². The fourth-order valence-corrected chi connectivity index (χ4v) is 1.62. The molecule has 0 radical (unpaired) electrons. The lowest BCUT2D eigenvalue weighted by Crippen LogP contribution is -2.02. The normalized spacial score (nSPS) is 10.1. The van der Waals surface area contributed by atoms with Gasteiger partial charge in [0, 0.05) is 12.0 Å². The van der Waals surface area contributed by atoms with Gasteiger partial charge in [0.25, 0.3) is 0 Å². The van der Waals surface area contributed by atoms with Crippen LogP contribution < -0.4 is 4.74 Å². The summed E-state index contributed by atoms with van der Waals surface area (Å²) < 4.78 is 18.8. The van der Waals surface area contributed by atoms with Crippen molar-refractivity contribution in [2.45, 2.75) is 6.42 Å². The highest BCUT2D eigenvalue weighted by molar-refractivity contribution is 5.74. The number of rotatable bonds is 5. The zero-order chi connectivity index (χ0) is 12.8. The molecule has 2 rings (SSSR count). The maximum atomic E-state index is 13.3. The highest BCUT2D eigenvalue weighted by Gasteiger charge is 2.01. The first-order valence-corrected chi connectivity index (χ1v) is 5.71. The molecule has 2 nitrogen and oxygen atoms in total. The number of carbonyl (C=O) groups is 1. The summed E-state index contributed by atoms with van der Waals surface area (Å²) in [5.74, 6) is 0.467. The average Bonchev–Trinajstić information content (AvgIpc) is 2.42. The van der Waals surface area contributed by atoms with Crippen molar-refractivity contribution >= 4 is 6.29 Å². The summed E-state index contributed by atoms with van der Waals surface area (Å²) in [6.45, 7) is 0.404. The Balaban J connectivity index is 1.88. The van der Waals surface area contributed by atoms with E-state index < -0.39 is 0 Å². The Kier molecular flexibility index (Phi) is 4.07. The van der Waals surface area contributed by atoms with E-state index in [1.807, 2.05) is 0 Å². The minimum atomic E-state index is -0.211. The van der Waals surface area contributed by atoms with Gasteiger partial charge in [-0.15, -0.1) is 0 Å². The van der Waals surface area contributed by atoms with Crippen molar-refractivity contribution in [2.75, 3.05) is 6.61 Å². The second-order valence-electron chi connectivity index (χ2n) is 3.88. The number of ether oxygens (including phenoxy) is 1. The van der Waals surface area contributed by atoms with Gasteiger partial charge in [-0.25, -0.2) is 4.39 Å². The van der Waals surface area contributed by atoms with Crippen molar-refractivity contribution in [2.24, 2.45) is 0 Å². The topological polar surface area (TPSA) is 26.3 Å². The van der Waals surface area contributed by atoms with E-state index in [-0.39, 0.29) is 5.82 Å². The fraction of sp³-hybridized carbons (Fsp3) is 0.133. The van der Waals surface area contributed by atoms with Gasteiger partial charge >= 0.3 is 0 Å². The number of hydrogen-bond acceptors (Lipinski definition) is 2. The minimum Gasteiger partial charge on any atom is -0.493 e. The first-order valence-electron chi connectivity index (χ1n) is 5.71. The Hall–Kier alpha value is -2.16. The second-order valence-corrected chi connectivity index (χ2v) is 3.88. The van der Waals surface area contributed by atoms with Gasteiger partial charge in [0.1, 0.15) is 17.9 Å². The van der Waals surface area contributed by atoms with Crippen LogP contribution in [0.15, 0.2) is 48.5 Å². The molecule has 0 unspecified atom stereocenters. The Morgan fingerprint density at radius 2 is 1.78 bits per heavy atom. The lowest BCUT2D eigenvalue weighted by Gasteiger charge is -2.06. The molecule has 92 valence electrons. The number of carbonyl (C=O) groups excluding carboxylic acids is 1. The van der Waals surface area contributed by atoms with Crippen LogP contribution in [0.3, 0.4) is 0 Å². The largest absolute Gasteiger partial charge is 0.493 e. The van der Waals surface area contributed by atoms with Crippen LogP contribution in [0.1, 0.15) is 15.9 Å². The monoisotopic (exact) mass is 244 g/mol. The van der Waals surface area contributed by atoms with E-state index in [1.54, 1.807) is 42.5 Å². The lowest BCUT2D eigenvalue weighted by molar-refractivity contribution is 0.112. The van der Waals surface area contributed by atoms with Crippen molar-refractivity contribution in [1.29, 1.82) is 0 Å². The molecule has 0 spiro atoms. The van der Waals surface area contributed by atoms with E-state index in [4.69, 9.17) is 4.74 Å². The van der Waals surface area contributed by atoms with Gasteiger partial charge in [-0.2, -0.15) is 0 Å². The first kappa shape index (κ1) is 12.3. The lowest BCUT2D eigenvalue weighted by atomic mass is 10.1. The molecular formula is C15H13FO2. The molecule has 0 aliphatic heterocycles. The van der Waals surface area contributed by atoms with E-state index in [2.05, 4.69) is 0 Å². The van der Waals surface area contributed by atoms with Crippen LogP contribution in [0.2, 0.25) is 0 Å². The van der Waals surface area contributed by atoms with E-state index in [0.717, 1.165) is 6.29 Å². The molecule has 2 aromatic carbocycles. The summed E-state index contributed by atoms with van der Waals surface area (Å²) in [4.78, 5) is 10.5. The molecule has 0 saturated heterocycles. The standard InChI is InChI=1S/C15H13FO2/c16-15-4-2-1-3-13(15)9-10-18-14-7-5-12(11-17)6-8-14/h1-8,11H,9-10H2. The van der Waals surface area contributed by atoms with Crippen LogP contribution in [-0.2, 0) is 6.42 Å². The summed E-state index contributed by atoms with van der Waals surface area (Å²) in [5.41, 5.74) is 1.25. The molecule has 0 bridgehead atoms. The van der Waals surface area contributed by atoms with Crippen molar-refractivity contribution in [3.8, 4) is 5.75 Å². The maximum absolute atomic E-state index is 13.3. The Bertz CT molecular complexity index is 520. The molecule has 0 fully saturated rings. The van der Waals surface area contributed by atoms with Crippen LogP contribution >= 0.6 is 0 Å². The number of hydrogen-bond donors (Lipinski definition) is 0. The first-order chi connectivity index (χ1) is 8.79. The molecule has 18 heavy (non-hydrogen) atoms. The number of benzene rings is 2. The smallest absolute Gasteiger partial charge is 0.150 e. The zero-order valence-corrected chi connectivity index (χ0v) is 9.80. The van der Waals surface area contributed by atoms with Gasteiger partial charge < -0.3 is 4.74 Å². The zero-order valence-electron chi connectivity index (χ0n) is 9.80. The third-order valence-corrected chi connectivity index (χ3v) is 2.61. The molecule has 0 aliphatic rings. The fourth-order valence-electron chi connectivity index (χ4n) is 1.62. The van der Waals surface area contributed by atoms with Crippen molar-refractivity contribution in [3.05, 3.63) is 65.5 Å². The number of halogens is 1. The van der Waals surface area contributed by atoms with Crippen molar-refractivity contribution < 1.29 is 13.9 Å². The highest BCUT2D eigenvalue weighted by Crippen LogP contribution is 2.12. The third kappa shape index (κ3) is 3.17. The summed E-state index contributed by atoms with van der Waals surface area (Å²) in [7, 11) is 0. The SMILES string of the molecule is O=Cc1ccc(OCCc2ccccc2F)cc1. The van der Waals surface area contributed by atoms with Crippen molar-refractivity contribution in [1.82, 2.24) is 0 Å². The molecule has 0 amide bonds. The second kappa shape index (κ2) is 5.96. The molecule has 0 heterocycles. The molecule has 0 saturated carbocycles. The van der Waals surface area contributed by atoms with Gasteiger partial charge in [-0.05, 0) is 35.9 Å². The van der Waals surface area contributed by atoms with E-state index in [9.17, 15) is 9.18 Å². The van der Waals surface area contributed by atoms with E-state index in [1.165, 1.54) is 6.07 Å². The number of aldehydes is 1. The molecule has 3 heteroatoms.